The third-order valence-electron chi connectivity index (χ3n) is 6.45. The highest BCUT2D eigenvalue weighted by atomic mass is 16.1. The Balaban J connectivity index is 1.43. The van der Waals surface area contributed by atoms with Gasteiger partial charge in [-0.1, -0.05) is 44.2 Å². The molecule has 2 aliphatic rings. The molecule has 1 aromatic carbocycles. The molecule has 1 amide bonds. The molecule has 2 N–H and O–H groups in total. The smallest absolute Gasteiger partial charge is 0.246 e. The fourth-order valence-electron chi connectivity index (χ4n) is 4.90. The highest BCUT2D eigenvalue weighted by molar-refractivity contribution is 5.97. The lowest BCUT2D eigenvalue weighted by Gasteiger charge is -2.34. The van der Waals surface area contributed by atoms with E-state index < -0.39 is 0 Å². The van der Waals surface area contributed by atoms with Gasteiger partial charge in [-0.2, -0.15) is 0 Å². The average molecular weight is 398 g/mol. The van der Waals surface area contributed by atoms with E-state index in [0.29, 0.717) is 18.1 Å². The molecule has 1 aliphatic carbocycles. The SMILES string of the molecule is C/C(=C\c1ccccc1)C(=O)NC[C@@H]1CCCN1CC1CCC(NC(C)C)CC1. The summed E-state index contributed by atoms with van der Waals surface area (Å²) in [6.45, 7) is 9.54. The predicted octanol–water partition coefficient (Wildman–Crippen LogP) is 4.23. The maximum atomic E-state index is 12.5. The number of carbonyl (C=O) groups is 1. The molecule has 4 heteroatoms. The van der Waals surface area contributed by atoms with Gasteiger partial charge >= 0.3 is 0 Å². The van der Waals surface area contributed by atoms with Gasteiger partial charge < -0.3 is 10.6 Å². The van der Waals surface area contributed by atoms with E-state index >= 15 is 0 Å². The van der Waals surface area contributed by atoms with Gasteiger partial charge in [0.25, 0.3) is 0 Å². The minimum absolute atomic E-state index is 0.0565. The van der Waals surface area contributed by atoms with Crippen molar-refractivity contribution >= 4 is 12.0 Å². The van der Waals surface area contributed by atoms with E-state index in [4.69, 9.17) is 0 Å². The van der Waals surface area contributed by atoms with Crippen molar-refractivity contribution in [2.24, 2.45) is 5.92 Å². The van der Waals surface area contributed by atoms with Crippen LogP contribution in [0.25, 0.3) is 6.08 Å². The maximum absolute atomic E-state index is 12.5. The van der Waals surface area contributed by atoms with Crippen LogP contribution in [0.1, 0.15) is 64.9 Å². The standard InChI is InChI=1S/C25H39N3O/c1-19(2)27-23-13-11-22(12-14-23)18-28-15-7-10-24(28)17-26-25(29)20(3)16-21-8-5-4-6-9-21/h4-6,8-9,16,19,22-24,27H,7,10-15,17-18H2,1-3H3,(H,26,29)/b20-16+/t22?,23?,24-/m0/s1. The van der Waals surface area contributed by atoms with Crippen LogP contribution < -0.4 is 10.6 Å². The van der Waals surface area contributed by atoms with Gasteiger partial charge in [0.2, 0.25) is 5.91 Å². The first-order chi connectivity index (χ1) is 14.0. The van der Waals surface area contributed by atoms with E-state index in [9.17, 15) is 4.79 Å². The predicted molar refractivity (Wildman–Crippen MR) is 122 cm³/mol. The molecule has 0 bridgehead atoms. The van der Waals surface area contributed by atoms with Crippen LogP contribution in [0.2, 0.25) is 0 Å². The second-order valence-electron chi connectivity index (χ2n) is 9.28. The lowest BCUT2D eigenvalue weighted by molar-refractivity contribution is -0.117. The topological polar surface area (TPSA) is 44.4 Å². The molecule has 1 heterocycles. The van der Waals surface area contributed by atoms with Gasteiger partial charge in [-0.3, -0.25) is 9.69 Å². The Kier molecular flexibility index (Phi) is 8.31. The van der Waals surface area contributed by atoms with Crippen LogP contribution in [0.4, 0.5) is 0 Å². The molecular weight excluding hydrogens is 358 g/mol. The fourth-order valence-corrected chi connectivity index (χ4v) is 4.90. The normalized spacial score (nSPS) is 26.1. The van der Waals surface area contributed by atoms with Crippen LogP contribution in [0.3, 0.4) is 0 Å². The first-order valence-corrected chi connectivity index (χ1v) is 11.5. The Bertz CT molecular complexity index is 662. The van der Waals surface area contributed by atoms with E-state index in [0.717, 1.165) is 23.6 Å². The summed E-state index contributed by atoms with van der Waals surface area (Å²) in [7, 11) is 0. The largest absolute Gasteiger partial charge is 0.351 e. The van der Waals surface area contributed by atoms with Crippen molar-refractivity contribution < 1.29 is 4.79 Å². The number of hydrogen-bond acceptors (Lipinski definition) is 3. The lowest BCUT2D eigenvalue weighted by Crippen LogP contribution is -2.44. The molecular formula is C25H39N3O. The summed E-state index contributed by atoms with van der Waals surface area (Å²) >= 11 is 0. The molecule has 1 saturated carbocycles. The monoisotopic (exact) mass is 397 g/mol. The Morgan fingerprint density at radius 1 is 1.14 bits per heavy atom. The molecule has 1 aromatic rings. The van der Waals surface area contributed by atoms with Crippen LogP contribution in [0.15, 0.2) is 35.9 Å². The zero-order valence-electron chi connectivity index (χ0n) is 18.5. The quantitative estimate of drug-likeness (QED) is 0.645. The van der Waals surface area contributed by atoms with Crippen molar-refractivity contribution in [1.82, 2.24) is 15.5 Å². The van der Waals surface area contributed by atoms with Gasteiger partial charge in [0.1, 0.15) is 0 Å². The molecule has 4 nitrogen and oxygen atoms in total. The van der Waals surface area contributed by atoms with E-state index in [-0.39, 0.29) is 5.91 Å². The van der Waals surface area contributed by atoms with Crippen LogP contribution in [0, 0.1) is 5.92 Å². The van der Waals surface area contributed by atoms with E-state index in [2.05, 4.69) is 29.4 Å². The summed E-state index contributed by atoms with van der Waals surface area (Å²) in [6.07, 6.45) is 9.70. The Morgan fingerprint density at radius 2 is 1.86 bits per heavy atom. The second kappa shape index (κ2) is 10.9. The van der Waals surface area contributed by atoms with Crippen LogP contribution in [0.5, 0.6) is 0 Å². The first-order valence-electron chi connectivity index (χ1n) is 11.5. The van der Waals surface area contributed by atoms with E-state index in [1.54, 1.807) is 0 Å². The Morgan fingerprint density at radius 3 is 2.55 bits per heavy atom. The first kappa shape index (κ1) is 22.0. The summed E-state index contributed by atoms with van der Waals surface area (Å²) in [5.74, 6) is 0.872. The summed E-state index contributed by atoms with van der Waals surface area (Å²) in [5.41, 5.74) is 1.85. The van der Waals surface area contributed by atoms with Gasteiger partial charge in [-0.05, 0) is 69.6 Å². The zero-order chi connectivity index (χ0) is 20.6. The number of hydrogen-bond donors (Lipinski definition) is 2. The number of carbonyl (C=O) groups excluding carboxylic acids is 1. The van der Waals surface area contributed by atoms with Gasteiger partial charge in [0.15, 0.2) is 0 Å². The number of amides is 1. The fraction of sp³-hybridized carbons (Fsp3) is 0.640. The van der Waals surface area contributed by atoms with Crippen molar-refractivity contribution in [3.63, 3.8) is 0 Å². The molecule has 1 saturated heterocycles. The van der Waals surface area contributed by atoms with Gasteiger partial charge in [-0.25, -0.2) is 0 Å². The Hall–Kier alpha value is -1.65. The summed E-state index contributed by atoms with van der Waals surface area (Å²) in [4.78, 5) is 15.2. The summed E-state index contributed by atoms with van der Waals surface area (Å²) < 4.78 is 0. The van der Waals surface area contributed by atoms with Crippen molar-refractivity contribution in [3.8, 4) is 0 Å². The lowest BCUT2D eigenvalue weighted by atomic mass is 9.85. The summed E-state index contributed by atoms with van der Waals surface area (Å²) in [5, 5.41) is 6.88. The summed E-state index contributed by atoms with van der Waals surface area (Å²) in [6, 6.07) is 11.8. The highest BCUT2D eigenvalue weighted by Crippen LogP contribution is 2.28. The molecule has 1 atom stereocenters. The number of nitrogens with zero attached hydrogens (tertiary/aromatic N) is 1. The molecule has 1 aliphatic heterocycles. The number of nitrogens with one attached hydrogen (secondary N) is 2. The van der Waals surface area contributed by atoms with Gasteiger partial charge in [0, 0.05) is 36.8 Å². The van der Waals surface area contributed by atoms with Crippen molar-refractivity contribution in [1.29, 1.82) is 0 Å². The molecule has 0 aromatic heterocycles. The highest BCUT2D eigenvalue weighted by Gasteiger charge is 2.29. The molecule has 0 unspecified atom stereocenters. The minimum Gasteiger partial charge on any atom is -0.351 e. The van der Waals surface area contributed by atoms with Crippen molar-refractivity contribution in [2.45, 2.75) is 77.4 Å². The molecule has 160 valence electrons. The molecule has 0 spiro atoms. The van der Waals surface area contributed by atoms with Crippen molar-refractivity contribution in [2.75, 3.05) is 19.6 Å². The number of likely N-dealkylation sites (tertiary alicyclic amines) is 1. The molecule has 2 fully saturated rings. The minimum atomic E-state index is 0.0565. The second-order valence-corrected chi connectivity index (χ2v) is 9.28. The Labute approximate surface area is 177 Å². The maximum Gasteiger partial charge on any atom is 0.246 e. The van der Waals surface area contributed by atoms with Gasteiger partial charge in [-0.15, -0.1) is 0 Å². The van der Waals surface area contributed by atoms with E-state index in [1.165, 1.54) is 51.6 Å². The molecule has 29 heavy (non-hydrogen) atoms. The zero-order valence-corrected chi connectivity index (χ0v) is 18.5. The van der Waals surface area contributed by atoms with Crippen LogP contribution >= 0.6 is 0 Å². The third-order valence-corrected chi connectivity index (χ3v) is 6.45. The van der Waals surface area contributed by atoms with E-state index in [1.807, 2.05) is 43.3 Å². The van der Waals surface area contributed by atoms with Crippen molar-refractivity contribution in [3.05, 3.63) is 41.5 Å². The average Bonchev–Trinajstić information content (AvgIpc) is 3.15. The van der Waals surface area contributed by atoms with Crippen LogP contribution in [-0.2, 0) is 4.79 Å². The molecule has 3 rings (SSSR count). The number of rotatable bonds is 8. The van der Waals surface area contributed by atoms with Gasteiger partial charge in [0.05, 0.1) is 0 Å². The molecule has 0 radical (unpaired) electrons. The third kappa shape index (κ3) is 6.97. The van der Waals surface area contributed by atoms with Crippen LogP contribution in [-0.4, -0.2) is 48.6 Å². The number of benzene rings is 1.